The summed E-state index contributed by atoms with van der Waals surface area (Å²) in [4.78, 5) is 0. The predicted octanol–water partition coefficient (Wildman–Crippen LogP) is 3.06. The molecule has 0 radical (unpaired) electrons. The maximum atomic E-state index is 6.48. The summed E-state index contributed by atoms with van der Waals surface area (Å²) in [6.45, 7) is 2.16. The van der Waals surface area contributed by atoms with Gasteiger partial charge in [-0.15, -0.1) is 0 Å². The first kappa shape index (κ1) is 10.3. The minimum Gasteiger partial charge on any atom is -0.325 e. The van der Waals surface area contributed by atoms with Crippen LogP contribution in [0.1, 0.15) is 36.8 Å². The summed E-state index contributed by atoms with van der Waals surface area (Å²) >= 11 is 0. The lowest BCUT2D eigenvalue weighted by Crippen LogP contribution is -2.32. The number of benzene rings is 1. The summed E-state index contributed by atoms with van der Waals surface area (Å²) in [6, 6.07) is 8.81. The zero-order valence-electron chi connectivity index (χ0n) is 10.1. The van der Waals surface area contributed by atoms with Crippen molar-refractivity contribution in [1.29, 1.82) is 0 Å². The van der Waals surface area contributed by atoms with Crippen LogP contribution in [0.2, 0.25) is 0 Å². The maximum Gasteiger partial charge on any atom is 0.0230 e. The summed E-state index contributed by atoms with van der Waals surface area (Å²) in [5.74, 6) is 1.77. The quantitative estimate of drug-likeness (QED) is 0.824. The lowest BCUT2D eigenvalue weighted by atomic mass is 9.79. The van der Waals surface area contributed by atoms with E-state index in [9.17, 15) is 0 Å². The van der Waals surface area contributed by atoms with Crippen LogP contribution < -0.4 is 5.73 Å². The van der Waals surface area contributed by atoms with Crippen molar-refractivity contribution in [3.8, 4) is 0 Å². The molecule has 2 aliphatic rings. The van der Waals surface area contributed by atoms with E-state index in [-0.39, 0.29) is 5.54 Å². The molecule has 2 saturated carbocycles. The van der Waals surface area contributed by atoms with Crippen molar-refractivity contribution in [2.24, 2.45) is 17.6 Å². The van der Waals surface area contributed by atoms with Crippen LogP contribution in [-0.2, 0) is 6.42 Å². The van der Waals surface area contributed by atoms with Gasteiger partial charge in [-0.25, -0.2) is 0 Å². The van der Waals surface area contributed by atoms with Crippen molar-refractivity contribution in [2.45, 2.75) is 44.6 Å². The van der Waals surface area contributed by atoms with Gasteiger partial charge in [-0.1, -0.05) is 49.1 Å². The van der Waals surface area contributed by atoms with E-state index < -0.39 is 0 Å². The number of rotatable bonds is 3. The predicted molar refractivity (Wildman–Crippen MR) is 67.2 cm³/mol. The standard InChI is InChI=1S/C15H21N/c1-11-4-2-5-12(8-11)9-15(16)10-14(15)13-6-3-7-13/h2,4-5,8,13-14H,3,6-7,9-10,16H2,1H3. The van der Waals surface area contributed by atoms with E-state index in [2.05, 4.69) is 31.2 Å². The fourth-order valence-electron chi connectivity index (χ4n) is 3.23. The molecular formula is C15H21N. The molecule has 2 N–H and O–H groups in total. The molecule has 0 amide bonds. The van der Waals surface area contributed by atoms with Gasteiger partial charge in [0.05, 0.1) is 0 Å². The van der Waals surface area contributed by atoms with E-state index in [0.717, 1.165) is 18.3 Å². The summed E-state index contributed by atoms with van der Waals surface area (Å²) < 4.78 is 0. The first-order chi connectivity index (χ1) is 7.67. The van der Waals surface area contributed by atoms with Crippen LogP contribution in [0.15, 0.2) is 24.3 Å². The second-order valence-electron chi connectivity index (χ2n) is 5.90. The van der Waals surface area contributed by atoms with Crippen LogP contribution in [-0.4, -0.2) is 5.54 Å². The van der Waals surface area contributed by atoms with E-state index in [0.29, 0.717) is 0 Å². The number of hydrogen-bond acceptors (Lipinski definition) is 1. The SMILES string of the molecule is Cc1cccc(CC2(N)CC2C2CCC2)c1. The van der Waals surface area contributed by atoms with E-state index in [1.54, 1.807) is 0 Å². The molecule has 1 heteroatoms. The number of hydrogen-bond donors (Lipinski definition) is 1. The summed E-state index contributed by atoms with van der Waals surface area (Å²) in [5.41, 5.74) is 9.39. The van der Waals surface area contributed by atoms with Gasteiger partial charge in [0.25, 0.3) is 0 Å². The Morgan fingerprint density at radius 1 is 1.38 bits per heavy atom. The third kappa shape index (κ3) is 1.78. The fourth-order valence-corrected chi connectivity index (χ4v) is 3.23. The van der Waals surface area contributed by atoms with Gasteiger partial charge >= 0.3 is 0 Å². The lowest BCUT2D eigenvalue weighted by molar-refractivity contribution is 0.257. The van der Waals surface area contributed by atoms with Crippen molar-refractivity contribution < 1.29 is 0 Å². The fraction of sp³-hybridized carbons (Fsp3) is 0.600. The van der Waals surface area contributed by atoms with Crippen LogP contribution in [0.25, 0.3) is 0 Å². The highest BCUT2D eigenvalue weighted by molar-refractivity contribution is 5.27. The van der Waals surface area contributed by atoms with E-state index >= 15 is 0 Å². The highest BCUT2D eigenvalue weighted by Crippen LogP contribution is 2.54. The molecule has 0 heterocycles. The third-order valence-corrected chi connectivity index (χ3v) is 4.51. The van der Waals surface area contributed by atoms with Crippen molar-refractivity contribution in [1.82, 2.24) is 0 Å². The molecule has 0 aromatic heterocycles. The number of nitrogens with two attached hydrogens (primary N) is 1. The summed E-state index contributed by atoms with van der Waals surface area (Å²) in [7, 11) is 0. The van der Waals surface area contributed by atoms with Crippen molar-refractivity contribution >= 4 is 0 Å². The highest BCUT2D eigenvalue weighted by atomic mass is 14.9. The molecule has 86 valence electrons. The topological polar surface area (TPSA) is 26.0 Å². The first-order valence-electron chi connectivity index (χ1n) is 6.52. The van der Waals surface area contributed by atoms with E-state index in [1.165, 1.54) is 36.8 Å². The molecule has 2 fully saturated rings. The summed E-state index contributed by atoms with van der Waals surface area (Å²) in [5, 5.41) is 0. The average Bonchev–Trinajstić information content (AvgIpc) is 2.73. The van der Waals surface area contributed by atoms with Gasteiger partial charge in [0.15, 0.2) is 0 Å². The Labute approximate surface area is 98.0 Å². The Morgan fingerprint density at radius 3 is 2.81 bits per heavy atom. The average molecular weight is 215 g/mol. The molecule has 2 aliphatic carbocycles. The molecule has 2 atom stereocenters. The van der Waals surface area contributed by atoms with E-state index in [4.69, 9.17) is 5.73 Å². The monoisotopic (exact) mass is 215 g/mol. The van der Waals surface area contributed by atoms with Gasteiger partial charge in [0, 0.05) is 5.54 Å². The largest absolute Gasteiger partial charge is 0.325 e. The van der Waals surface area contributed by atoms with Crippen LogP contribution in [0.4, 0.5) is 0 Å². The smallest absolute Gasteiger partial charge is 0.0230 e. The molecule has 16 heavy (non-hydrogen) atoms. The summed E-state index contributed by atoms with van der Waals surface area (Å²) in [6.07, 6.45) is 6.62. The van der Waals surface area contributed by atoms with Crippen LogP contribution in [0.3, 0.4) is 0 Å². The lowest BCUT2D eigenvalue weighted by Gasteiger charge is -2.27. The van der Waals surface area contributed by atoms with Crippen molar-refractivity contribution in [3.05, 3.63) is 35.4 Å². The van der Waals surface area contributed by atoms with Gasteiger partial charge in [-0.3, -0.25) is 0 Å². The molecule has 1 nitrogen and oxygen atoms in total. The van der Waals surface area contributed by atoms with Crippen LogP contribution >= 0.6 is 0 Å². The van der Waals surface area contributed by atoms with Crippen LogP contribution in [0, 0.1) is 18.8 Å². The Morgan fingerprint density at radius 2 is 2.19 bits per heavy atom. The zero-order chi connectivity index (χ0) is 11.2. The molecular weight excluding hydrogens is 194 g/mol. The second kappa shape index (κ2) is 3.59. The molecule has 0 spiro atoms. The normalized spacial score (nSPS) is 33.5. The Hall–Kier alpha value is -0.820. The Kier molecular flexibility index (Phi) is 2.32. The van der Waals surface area contributed by atoms with Gasteiger partial charge in [-0.05, 0) is 37.2 Å². The minimum absolute atomic E-state index is 0.138. The van der Waals surface area contributed by atoms with Crippen molar-refractivity contribution in [3.63, 3.8) is 0 Å². The molecule has 1 aromatic carbocycles. The highest BCUT2D eigenvalue weighted by Gasteiger charge is 2.55. The van der Waals surface area contributed by atoms with Gasteiger partial charge in [0.1, 0.15) is 0 Å². The second-order valence-corrected chi connectivity index (χ2v) is 5.90. The van der Waals surface area contributed by atoms with Gasteiger partial charge in [0.2, 0.25) is 0 Å². The molecule has 1 aromatic rings. The van der Waals surface area contributed by atoms with Gasteiger partial charge < -0.3 is 5.73 Å². The molecule has 0 bridgehead atoms. The van der Waals surface area contributed by atoms with E-state index in [1.807, 2.05) is 0 Å². The molecule has 2 unspecified atom stereocenters. The Bertz CT molecular complexity index is 394. The molecule has 0 saturated heterocycles. The zero-order valence-corrected chi connectivity index (χ0v) is 10.1. The minimum atomic E-state index is 0.138. The molecule has 3 rings (SSSR count). The van der Waals surface area contributed by atoms with Crippen molar-refractivity contribution in [2.75, 3.05) is 0 Å². The maximum absolute atomic E-state index is 6.48. The van der Waals surface area contributed by atoms with Crippen LogP contribution in [0.5, 0.6) is 0 Å². The number of aryl methyl sites for hydroxylation is 1. The van der Waals surface area contributed by atoms with Gasteiger partial charge in [-0.2, -0.15) is 0 Å². The molecule has 0 aliphatic heterocycles. The first-order valence-corrected chi connectivity index (χ1v) is 6.52. The Balaban J connectivity index is 1.67. The third-order valence-electron chi connectivity index (χ3n) is 4.51.